The molecule has 0 aliphatic carbocycles. The molecule has 1 heterocycles. The lowest BCUT2D eigenvalue weighted by molar-refractivity contribution is 0.477. The summed E-state index contributed by atoms with van der Waals surface area (Å²) < 4.78 is 19.0. The first kappa shape index (κ1) is 14.1. The summed E-state index contributed by atoms with van der Waals surface area (Å²) in [5.74, 6) is 5.96. The maximum absolute atomic E-state index is 13.2. The molecule has 21 heavy (non-hydrogen) atoms. The van der Waals surface area contributed by atoms with Crippen LogP contribution in [0.15, 0.2) is 46.9 Å². The summed E-state index contributed by atoms with van der Waals surface area (Å²) in [7, 11) is 0. The third-order valence-corrected chi connectivity index (χ3v) is 3.89. The fraction of sp³-hybridized carbons (Fsp3) is 0.125. The Bertz CT molecular complexity index is 800. The lowest BCUT2D eigenvalue weighted by Gasteiger charge is -2.14. The molecule has 0 amide bonds. The van der Waals surface area contributed by atoms with Crippen molar-refractivity contribution in [1.29, 1.82) is 0 Å². The van der Waals surface area contributed by atoms with Crippen molar-refractivity contribution in [1.82, 2.24) is 5.43 Å². The van der Waals surface area contributed by atoms with Gasteiger partial charge in [0.15, 0.2) is 0 Å². The molecule has 1 aromatic heterocycles. The van der Waals surface area contributed by atoms with Crippen molar-refractivity contribution in [2.45, 2.75) is 13.0 Å². The van der Waals surface area contributed by atoms with Crippen LogP contribution in [0.4, 0.5) is 4.39 Å². The monoisotopic (exact) mass is 304 g/mol. The van der Waals surface area contributed by atoms with Gasteiger partial charge in [0.1, 0.15) is 23.2 Å². The van der Waals surface area contributed by atoms with Crippen LogP contribution in [0.2, 0.25) is 5.02 Å². The van der Waals surface area contributed by atoms with Crippen LogP contribution < -0.4 is 11.3 Å². The van der Waals surface area contributed by atoms with Crippen LogP contribution in [-0.2, 0) is 0 Å². The third kappa shape index (κ3) is 2.65. The van der Waals surface area contributed by atoms with Crippen LogP contribution in [0, 0.1) is 12.7 Å². The van der Waals surface area contributed by atoms with E-state index in [0.717, 1.165) is 11.1 Å². The number of benzene rings is 2. The minimum absolute atomic E-state index is 0.300. The molecule has 0 saturated carbocycles. The number of hydrogen-bond donors (Lipinski definition) is 2. The minimum atomic E-state index is -0.349. The van der Waals surface area contributed by atoms with E-state index in [0.29, 0.717) is 21.8 Å². The van der Waals surface area contributed by atoms with Crippen molar-refractivity contribution in [3.63, 3.8) is 0 Å². The number of aryl methyl sites for hydroxylation is 1. The highest BCUT2D eigenvalue weighted by Crippen LogP contribution is 2.30. The molecule has 2 aromatic carbocycles. The molecule has 5 heteroatoms. The fourth-order valence-corrected chi connectivity index (χ4v) is 2.50. The van der Waals surface area contributed by atoms with Gasteiger partial charge in [0.05, 0.1) is 0 Å². The molecule has 3 rings (SSSR count). The SMILES string of the molecule is Cc1ccc(C(NN)c2cc3cc(F)ccc3o2)cc1Cl. The molecule has 1 atom stereocenters. The molecule has 0 aliphatic heterocycles. The van der Waals surface area contributed by atoms with Crippen molar-refractivity contribution < 1.29 is 8.81 Å². The average Bonchev–Trinajstić information content (AvgIpc) is 2.86. The zero-order valence-corrected chi connectivity index (χ0v) is 12.1. The minimum Gasteiger partial charge on any atom is -0.459 e. The molecule has 3 nitrogen and oxygen atoms in total. The Morgan fingerprint density at radius 2 is 2.00 bits per heavy atom. The van der Waals surface area contributed by atoms with Crippen LogP contribution in [0.25, 0.3) is 11.0 Å². The Morgan fingerprint density at radius 3 is 2.71 bits per heavy atom. The Labute approximate surface area is 126 Å². The van der Waals surface area contributed by atoms with E-state index in [1.54, 1.807) is 12.1 Å². The van der Waals surface area contributed by atoms with Gasteiger partial charge in [-0.1, -0.05) is 23.7 Å². The molecule has 3 aromatic rings. The second-order valence-electron chi connectivity index (χ2n) is 4.94. The number of nitrogens with two attached hydrogens (primary N) is 1. The standard InChI is InChI=1S/C16H14ClFN2O/c1-9-2-3-10(7-13(9)17)16(20-19)15-8-11-6-12(18)4-5-14(11)21-15/h2-8,16,20H,19H2,1H3. The quantitative estimate of drug-likeness (QED) is 0.566. The van der Waals surface area contributed by atoms with Crippen LogP contribution >= 0.6 is 11.6 Å². The molecule has 0 fully saturated rings. The van der Waals surface area contributed by atoms with Gasteiger partial charge in [-0.15, -0.1) is 0 Å². The highest BCUT2D eigenvalue weighted by atomic mass is 35.5. The van der Waals surface area contributed by atoms with E-state index in [9.17, 15) is 4.39 Å². The van der Waals surface area contributed by atoms with E-state index in [-0.39, 0.29) is 11.9 Å². The molecule has 3 N–H and O–H groups in total. The summed E-state index contributed by atoms with van der Waals surface area (Å²) in [4.78, 5) is 0. The summed E-state index contributed by atoms with van der Waals surface area (Å²) in [6, 6.07) is 11.5. The fourth-order valence-electron chi connectivity index (χ4n) is 2.31. The predicted octanol–water partition coefficient (Wildman–Crippen LogP) is 4.09. The summed E-state index contributed by atoms with van der Waals surface area (Å²) in [6.45, 7) is 1.93. The number of fused-ring (bicyclic) bond motifs is 1. The van der Waals surface area contributed by atoms with Crippen molar-refractivity contribution in [3.05, 3.63) is 70.2 Å². The maximum Gasteiger partial charge on any atom is 0.134 e. The first-order chi connectivity index (χ1) is 10.1. The topological polar surface area (TPSA) is 51.2 Å². The third-order valence-electron chi connectivity index (χ3n) is 3.48. The first-order valence-electron chi connectivity index (χ1n) is 6.49. The number of halogens is 2. The number of hydrazine groups is 1. The number of rotatable bonds is 3. The van der Waals surface area contributed by atoms with E-state index in [1.807, 2.05) is 25.1 Å². The summed E-state index contributed by atoms with van der Waals surface area (Å²) >= 11 is 6.15. The van der Waals surface area contributed by atoms with Gasteiger partial charge in [-0.2, -0.15) is 0 Å². The van der Waals surface area contributed by atoms with E-state index < -0.39 is 0 Å². The molecule has 108 valence electrons. The molecule has 1 unspecified atom stereocenters. The summed E-state index contributed by atoms with van der Waals surface area (Å²) in [6.07, 6.45) is 0. The second-order valence-corrected chi connectivity index (χ2v) is 5.35. The molecule has 0 bridgehead atoms. The van der Waals surface area contributed by atoms with E-state index in [4.69, 9.17) is 21.9 Å². The van der Waals surface area contributed by atoms with Gasteiger partial charge in [0.25, 0.3) is 0 Å². The Kier molecular flexibility index (Phi) is 3.68. The number of hydrogen-bond acceptors (Lipinski definition) is 3. The van der Waals surface area contributed by atoms with Gasteiger partial charge >= 0.3 is 0 Å². The van der Waals surface area contributed by atoms with Gasteiger partial charge in [-0.05, 0) is 48.4 Å². The normalized spacial score (nSPS) is 12.8. The van der Waals surface area contributed by atoms with E-state index >= 15 is 0 Å². The average molecular weight is 305 g/mol. The molecular weight excluding hydrogens is 291 g/mol. The number of nitrogens with one attached hydrogen (secondary N) is 1. The largest absolute Gasteiger partial charge is 0.459 e. The van der Waals surface area contributed by atoms with Crippen LogP contribution in [-0.4, -0.2) is 0 Å². The smallest absolute Gasteiger partial charge is 0.134 e. The maximum atomic E-state index is 13.2. The molecule has 0 saturated heterocycles. The van der Waals surface area contributed by atoms with Crippen LogP contribution in [0.3, 0.4) is 0 Å². The molecule has 0 radical (unpaired) electrons. The Balaban J connectivity index is 2.06. The van der Waals surface area contributed by atoms with Crippen molar-refractivity contribution >= 4 is 22.6 Å². The predicted molar refractivity (Wildman–Crippen MR) is 81.5 cm³/mol. The van der Waals surface area contributed by atoms with E-state index in [2.05, 4.69) is 5.43 Å². The molecule has 0 spiro atoms. The Hall–Kier alpha value is -1.88. The number of furan rings is 1. The van der Waals surface area contributed by atoms with Crippen molar-refractivity contribution in [2.24, 2.45) is 5.84 Å². The van der Waals surface area contributed by atoms with Gasteiger partial charge in [-0.3, -0.25) is 5.84 Å². The highest BCUT2D eigenvalue weighted by molar-refractivity contribution is 6.31. The van der Waals surface area contributed by atoms with Crippen LogP contribution in [0.5, 0.6) is 0 Å². The summed E-state index contributed by atoms with van der Waals surface area (Å²) in [5, 5.41) is 1.36. The summed E-state index contributed by atoms with van der Waals surface area (Å²) in [5.41, 5.74) is 5.20. The second kappa shape index (κ2) is 5.48. The van der Waals surface area contributed by atoms with Gasteiger partial charge in [0, 0.05) is 10.4 Å². The van der Waals surface area contributed by atoms with Crippen molar-refractivity contribution in [2.75, 3.05) is 0 Å². The molecular formula is C16H14ClFN2O. The first-order valence-corrected chi connectivity index (χ1v) is 6.87. The Morgan fingerprint density at radius 1 is 1.19 bits per heavy atom. The van der Waals surface area contributed by atoms with Crippen molar-refractivity contribution in [3.8, 4) is 0 Å². The van der Waals surface area contributed by atoms with E-state index in [1.165, 1.54) is 12.1 Å². The van der Waals surface area contributed by atoms with Crippen LogP contribution in [0.1, 0.15) is 22.9 Å². The lowest BCUT2D eigenvalue weighted by Crippen LogP contribution is -2.28. The van der Waals surface area contributed by atoms with Gasteiger partial charge in [-0.25, -0.2) is 9.82 Å². The zero-order valence-electron chi connectivity index (χ0n) is 11.4. The van der Waals surface area contributed by atoms with Gasteiger partial charge < -0.3 is 4.42 Å². The zero-order chi connectivity index (χ0) is 15.0. The van der Waals surface area contributed by atoms with Gasteiger partial charge in [0.2, 0.25) is 0 Å². The highest BCUT2D eigenvalue weighted by Gasteiger charge is 2.18. The molecule has 0 aliphatic rings. The lowest BCUT2D eigenvalue weighted by atomic mass is 10.0.